The van der Waals surface area contributed by atoms with Gasteiger partial charge in [-0.15, -0.1) is 0 Å². The Morgan fingerprint density at radius 3 is 2.45 bits per heavy atom. The number of fused-ring (bicyclic) bond motifs is 1. The molecule has 1 aliphatic carbocycles. The molecule has 20 heavy (non-hydrogen) atoms. The van der Waals surface area contributed by atoms with Gasteiger partial charge in [0, 0.05) is 6.04 Å². The predicted molar refractivity (Wildman–Crippen MR) is 76.2 cm³/mol. The zero-order valence-corrected chi connectivity index (χ0v) is 12.4. The van der Waals surface area contributed by atoms with Crippen molar-refractivity contribution in [3.8, 4) is 0 Å². The zero-order chi connectivity index (χ0) is 14.7. The molecule has 1 aliphatic heterocycles. The maximum absolute atomic E-state index is 12.0. The lowest BCUT2D eigenvalue weighted by Crippen LogP contribution is -2.60. The molecule has 2 rings (SSSR count). The van der Waals surface area contributed by atoms with E-state index in [2.05, 4.69) is 29.6 Å². The highest BCUT2D eigenvalue weighted by Gasteiger charge is 2.43. The number of nitrogens with one attached hydrogen (secondary N) is 2. The summed E-state index contributed by atoms with van der Waals surface area (Å²) >= 11 is 0. The lowest BCUT2D eigenvalue weighted by molar-refractivity contribution is -0.146. The molecule has 114 valence electrons. The molecule has 0 bridgehead atoms. The van der Waals surface area contributed by atoms with Crippen molar-refractivity contribution in [2.75, 3.05) is 6.54 Å². The van der Waals surface area contributed by atoms with Crippen molar-refractivity contribution in [1.82, 2.24) is 15.8 Å². The first-order valence-electron chi connectivity index (χ1n) is 7.69. The van der Waals surface area contributed by atoms with E-state index in [9.17, 15) is 9.59 Å². The quantitative estimate of drug-likeness (QED) is 0.635. The van der Waals surface area contributed by atoms with Crippen LogP contribution in [-0.2, 0) is 9.59 Å². The highest BCUT2D eigenvalue weighted by Crippen LogP contribution is 2.35. The molecular weight excluding hydrogens is 256 g/mol. The first kappa shape index (κ1) is 15.3. The van der Waals surface area contributed by atoms with E-state index in [1.165, 1.54) is 0 Å². The van der Waals surface area contributed by atoms with Crippen LogP contribution in [0.5, 0.6) is 0 Å². The van der Waals surface area contributed by atoms with Gasteiger partial charge in [-0.2, -0.15) is 0 Å². The van der Waals surface area contributed by atoms with Crippen molar-refractivity contribution in [2.45, 2.75) is 58.2 Å². The molecule has 0 aromatic heterocycles. The number of hydrazine groups is 1. The minimum Gasteiger partial charge on any atom is -0.316 e. The molecule has 2 aliphatic rings. The van der Waals surface area contributed by atoms with E-state index >= 15 is 0 Å². The molecule has 6 heteroatoms. The molecular formula is C14H26N4O2. The maximum Gasteiger partial charge on any atom is 0.242 e. The second kappa shape index (κ2) is 6.54. The van der Waals surface area contributed by atoms with Crippen molar-refractivity contribution in [1.29, 1.82) is 0 Å². The summed E-state index contributed by atoms with van der Waals surface area (Å²) in [5.41, 5.74) is 11.2. The van der Waals surface area contributed by atoms with E-state index in [-0.39, 0.29) is 29.8 Å². The molecule has 0 aromatic rings. The van der Waals surface area contributed by atoms with Crippen LogP contribution >= 0.6 is 0 Å². The van der Waals surface area contributed by atoms with Gasteiger partial charge in [-0.25, -0.2) is 0 Å². The molecule has 0 radical (unpaired) electrons. The highest BCUT2D eigenvalue weighted by molar-refractivity contribution is 5.93. The number of amides is 2. The molecule has 2 amide bonds. The summed E-state index contributed by atoms with van der Waals surface area (Å²) < 4.78 is 0. The summed E-state index contributed by atoms with van der Waals surface area (Å²) in [6, 6.07) is 0.305. The standard InChI is InChI=1S/C14H26N4O2/c1-3-5-12(15)18(4-2)9-6-7-10-11(8-9)14(20)17-16-13(10)19/h9-12H,3-8,15H2,1-2H3,(H,16,19)(H,17,20). The zero-order valence-electron chi connectivity index (χ0n) is 12.4. The Kier molecular flexibility index (Phi) is 4.99. The number of hydrogen-bond donors (Lipinski definition) is 3. The second-order valence-electron chi connectivity index (χ2n) is 5.84. The van der Waals surface area contributed by atoms with Crippen LogP contribution < -0.4 is 16.6 Å². The Hall–Kier alpha value is -1.14. The van der Waals surface area contributed by atoms with Crippen molar-refractivity contribution in [3.63, 3.8) is 0 Å². The van der Waals surface area contributed by atoms with Crippen molar-refractivity contribution in [3.05, 3.63) is 0 Å². The van der Waals surface area contributed by atoms with Crippen molar-refractivity contribution in [2.24, 2.45) is 17.6 Å². The van der Waals surface area contributed by atoms with Crippen molar-refractivity contribution >= 4 is 11.8 Å². The fraction of sp³-hybridized carbons (Fsp3) is 0.857. The van der Waals surface area contributed by atoms with Gasteiger partial charge in [0.2, 0.25) is 11.8 Å². The van der Waals surface area contributed by atoms with E-state index in [4.69, 9.17) is 5.73 Å². The Balaban J connectivity index is 2.04. The lowest BCUT2D eigenvalue weighted by Gasteiger charge is -2.43. The van der Waals surface area contributed by atoms with E-state index in [0.29, 0.717) is 6.04 Å². The Morgan fingerprint density at radius 2 is 1.85 bits per heavy atom. The fourth-order valence-electron chi connectivity index (χ4n) is 3.59. The molecule has 0 aromatic carbocycles. The van der Waals surface area contributed by atoms with E-state index in [1.807, 2.05) is 0 Å². The first-order chi connectivity index (χ1) is 9.58. The summed E-state index contributed by atoms with van der Waals surface area (Å²) in [5, 5.41) is 0. The normalized spacial score (nSPS) is 31.5. The van der Waals surface area contributed by atoms with E-state index in [1.54, 1.807) is 0 Å². The third-order valence-corrected chi connectivity index (χ3v) is 4.65. The third kappa shape index (κ3) is 2.96. The fourth-order valence-corrected chi connectivity index (χ4v) is 3.59. The number of carbonyl (C=O) groups excluding carboxylic acids is 2. The predicted octanol–water partition coefficient (Wildman–Crippen LogP) is 0.339. The Labute approximate surface area is 120 Å². The number of nitrogens with two attached hydrogens (primary N) is 1. The SMILES string of the molecule is CCCC(N)N(CC)C1CCC2C(=O)NNC(=O)C2C1. The van der Waals surface area contributed by atoms with Gasteiger partial charge in [0.15, 0.2) is 0 Å². The van der Waals surface area contributed by atoms with Crippen LogP contribution in [0.2, 0.25) is 0 Å². The van der Waals surface area contributed by atoms with Gasteiger partial charge in [0.05, 0.1) is 18.0 Å². The van der Waals surface area contributed by atoms with Gasteiger partial charge in [-0.05, 0) is 32.2 Å². The maximum atomic E-state index is 12.0. The minimum absolute atomic E-state index is 0.0473. The molecule has 1 saturated carbocycles. The number of hydrogen-bond acceptors (Lipinski definition) is 4. The summed E-state index contributed by atoms with van der Waals surface area (Å²) in [6.45, 7) is 5.12. The van der Waals surface area contributed by atoms with Crippen molar-refractivity contribution < 1.29 is 9.59 Å². The highest BCUT2D eigenvalue weighted by atomic mass is 16.2. The first-order valence-corrected chi connectivity index (χ1v) is 7.69. The van der Waals surface area contributed by atoms with Gasteiger partial charge in [-0.3, -0.25) is 25.3 Å². The van der Waals surface area contributed by atoms with Crippen LogP contribution in [0.25, 0.3) is 0 Å². The van der Waals surface area contributed by atoms with Gasteiger partial charge < -0.3 is 5.73 Å². The van der Waals surface area contributed by atoms with E-state index < -0.39 is 0 Å². The molecule has 4 atom stereocenters. The largest absolute Gasteiger partial charge is 0.316 e. The Morgan fingerprint density at radius 1 is 1.20 bits per heavy atom. The molecule has 1 heterocycles. The van der Waals surface area contributed by atoms with Crippen LogP contribution in [0.4, 0.5) is 0 Å². The van der Waals surface area contributed by atoms with Gasteiger partial charge in [0.25, 0.3) is 0 Å². The summed E-state index contributed by atoms with van der Waals surface area (Å²) in [6.07, 6.45) is 4.50. The minimum atomic E-state index is -0.203. The summed E-state index contributed by atoms with van der Waals surface area (Å²) in [7, 11) is 0. The second-order valence-corrected chi connectivity index (χ2v) is 5.84. The summed E-state index contributed by atoms with van der Waals surface area (Å²) in [4.78, 5) is 26.0. The molecule has 1 saturated heterocycles. The third-order valence-electron chi connectivity index (χ3n) is 4.65. The van der Waals surface area contributed by atoms with Crippen LogP contribution in [-0.4, -0.2) is 35.5 Å². The average Bonchev–Trinajstić information content (AvgIpc) is 2.44. The Bertz CT molecular complexity index is 374. The molecule has 0 spiro atoms. The van der Waals surface area contributed by atoms with E-state index in [0.717, 1.165) is 38.6 Å². The number of carbonyl (C=O) groups is 2. The molecule has 4 unspecified atom stereocenters. The van der Waals surface area contributed by atoms with Crippen LogP contribution in [0.3, 0.4) is 0 Å². The topological polar surface area (TPSA) is 87.5 Å². The van der Waals surface area contributed by atoms with Gasteiger partial charge in [-0.1, -0.05) is 20.3 Å². The number of rotatable bonds is 5. The van der Waals surface area contributed by atoms with Gasteiger partial charge in [0.1, 0.15) is 0 Å². The molecule has 6 nitrogen and oxygen atoms in total. The number of nitrogens with zero attached hydrogens (tertiary/aromatic N) is 1. The summed E-state index contributed by atoms with van der Waals surface area (Å²) in [5.74, 6) is -0.472. The monoisotopic (exact) mass is 282 g/mol. The van der Waals surface area contributed by atoms with Crippen LogP contribution in [0.15, 0.2) is 0 Å². The molecule has 4 N–H and O–H groups in total. The smallest absolute Gasteiger partial charge is 0.242 e. The average molecular weight is 282 g/mol. The van der Waals surface area contributed by atoms with Crippen LogP contribution in [0.1, 0.15) is 46.0 Å². The van der Waals surface area contributed by atoms with Gasteiger partial charge >= 0.3 is 0 Å². The molecule has 2 fully saturated rings. The van der Waals surface area contributed by atoms with Crippen LogP contribution in [0, 0.1) is 11.8 Å². The lowest BCUT2D eigenvalue weighted by atomic mass is 9.74.